The van der Waals surface area contributed by atoms with E-state index in [1.165, 1.54) is 0 Å². The molecule has 14 heavy (non-hydrogen) atoms. The molecule has 3 aliphatic carbocycles. The summed E-state index contributed by atoms with van der Waals surface area (Å²) >= 11 is 0. The molecule has 0 radical (unpaired) electrons. The standard InChI is InChI=1S/C10H12N2O2/c11-10-3-1-5(2-4-10)6-7(10)9(14)12-8(6)13/h1,3,5,12-14H,2,4,11H2. The Morgan fingerprint density at radius 2 is 2.21 bits per heavy atom. The third kappa shape index (κ3) is 0.726. The number of nitrogens with one attached hydrogen (secondary N) is 1. The quantitative estimate of drug-likeness (QED) is 0.463. The van der Waals surface area contributed by atoms with Gasteiger partial charge in [0.25, 0.3) is 0 Å². The van der Waals surface area contributed by atoms with E-state index in [0.29, 0.717) is 5.56 Å². The summed E-state index contributed by atoms with van der Waals surface area (Å²) in [5.74, 6) is 0.267. The van der Waals surface area contributed by atoms with Crippen LogP contribution in [0.25, 0.3) is 0 Å². The number of hydrogen-bond donors (Lipinski definition) is 4. The average molecular weight is 192 g/mol. The van der Waals surface area contributed by atoms with Gasteiger partial charge in [0.15, 0.2) is 11.8 Å². The number of hydrogen-bond acceptors (Lipinski definition) is 3. The molecule has 2 atom stereocenters. The van der Waals surface area contributed by atoms with Crippen LogP contribution in [0.4, 0.5) is 0 Å². The van der Waals surface area contributed by atoms with Crippen LogP contribution >= 0.6 is 0 Å². The molecule has 1 heterocycles. The van der Waals surface area contributed by atoms with Crippen LogP contribution in [0.5, 0.6) is 11.8 Å². The predicted octanol–water partition coefficient (Wildman–Crippen LogP) is 1.03. The zero-order chi connectivity index (χ0) is 9.92. The van der Waals surface area contributed by atoms with Gasteiger partial charge in [-0.2, -0.15) is 0 Å². The number of rotatable bonds is 0. The van der Waals surface area contributed by atoms with Crippen molar-refractivity contribution >= 4 is 0 Å². The molecule has 0 saturated carbocycles. The molecule has 2 bridgehead atoms. The van der Waals surface area contributed by atoms with Gasteiger partial charge in [-0.3, -0.25) is 4.98 Å². The van der Waals surface area contributed by atoms with Crippen molar-refractivity contribution in [2.24, 2.45) is 5.73 Å². The maximum absolute atomic E-state index is 9.64. The Kier molecular flexibility index (Phi) is 1.22. The molecule has 0 aliphatic heterocycles. The van der Waals surface area contributed by atoms with Crippen molar-refractivity contribution in [3.05, 3.63) is 23.3 Å². The predicted molar refractivity (Wildman–Crippen MR) is 51.1 cm³/mol. The Morgan fingerprint density at radius 1 is 1.43 bits per heavy atom. The summed E-state index contributed by atoms with van der Waals surface area (Å²) in [5.41, 5.74) is 7.00. The summed E-state index contributed by atoms with van der Waals surface area (Å²) in [6, 6.07) is 0. The van der Waals surface area contributed by atoms with E-state index >= 15 is 0 Å². The van der Waals surface area contributed by atoms with E-state index in [4.69, 9.17) is 5.73 Å². The highest BCUT2D eigenvalue weighted by atomic mass is 16.3. The van der Waals surface area contributed by atoms with E-state index in [1.54, 1.807) is 0 Å². The van der Waals surface area contributed by atoms with Gasteiger partial charge in [-0.1, -0.05) is 12.2 Å². The van der Waals surface area contributed by atoms with Crippen LogP contribution in [0.2, 0.25) is 0 Å². The maximum atomic E-state index is 9.64. The molecule has 0 spiro atoms. The molecule has 4 nitrogen and oxygen atoms in total. The lowest BCUT2D eigenvalue weighted by molar-refractivity contribution is 0.378. The highest BCUT2D eigenvalue weighted by Gasteiger charge is 2.43. The van der Waals surface area contributed by atoms with Crippen LogP contribution < -0.4 is 5.73 Å². The molecular weight excluding hydrogens is 180 g/mol. The van der Waals surface area contributed by atoms with Gasteiger partial charge in [0.2, 0.25) is 0 Å². The lowest BCUT2D eigenvalue weighted by Gasteiger charge is -2.38. The molecule has 74 valence electrons. The minimum Gasteiger partial charge on any atom is -0.494 e. The zero-order valence-corrected chi connectivity index (χ0v) is 7.62. The Bertz CT molecular complexity index is 436. The van der Waals surface area contributed by atoms with Crippen LogP contribution in [0.1, 0.15) is 29.9 Å². The number of aromatic nitrogens is 1. The van der Waals surface area contributed by atoms with E-state index in [0.717, 1.165) is 18.4 Å². The summed E-state index contributed by atoms with van der Waals surface area (Å²) < 4.78 is 0. The molecule has 5 N–H and O–H groups in total. The topological polar surface area (TPSA) is 82.3 Å². The molecule has 1 aromatic rings. The third-order valence-electron chi connectivity index (χ3n) is 3.33. The van der Waals surface area contributed by atoms with Gasteiger partial charge in [-0.15, -0.1) is 0 Å². The lowest BCUT2D eigenvalue weighted by Crippen LogP contribution is -2.41. The molecule has 0 fully saturated rings. The van der Waals surface area contributed by atoms with Crippen molar-refractivity contribution in [1.29, 1.82) is 0 Å². The molecule has 0 saturated heterocycles. The smallest absolute Gasteiger partial charge is 0.197 e. The second kappa shape index (κ2) is 2.15. The molecule has 3 aliphatic rings. The van der Waals surface area contributed by atoms with Crippen molar-refractivity contribution in [2.45, 2.75) is 24.3 Å². The van der Waals surface area contributed by atoms with Crippen LogP contribution in [0, 0.1) is 0 Å². The SMILES string of the molecule is NC12C=CC(CC1)c1c(O)[nH]c(O)c12. The first-order valence-corrected chi connectivity index (χ1v) is 4.74. The van der Waals surface area contributed by atoms with Crippen LogP contribution in [-0.2, 0) is 5.54 Å². The highest BCUT2D eigenvalue weighted by molar-refractivity contribution is 5.57. The van der Waals surface area contributed by atoms with Crippen LogP contribution in [0.15, 0.2) is 12.2 Å². The summed E-state index contributed by atoms with van der Waals surface area (Å²) in [5, 5.41) is 19.2. The van der Waals surface area contributed by atoms with Crippen molar-refractivity contribution in [2.75, 3.05) is 0 Å². The third-order valence-corrected chi connectivity index (χ3v) is 3.33. The van der Waals surface area contributed by atoms with Gasteiger partial charge < -0.3 is 15.9 Å². The van der Waals surface area contributed by atoms with Gasteiger partial charge in [0.05, 0.1) is 5.54 Å². The number of fused-ring (bicyclic) bond motifs is 1. The van der Waals surface area contributed by atoms with Crippen molar-refractivity contribution in [3.8, 4) is 11.8 Å². The van der Waals surface area contributed by atoms with E-state index in [9.17, 15) is 10.2 Å². The summed E-state index contributed by atoms with van der Waals surface area (Å²) in [6.07, 6.45) is 5.70. The molecule has 0 amide bonds. The number of nitrogens with two attached hydrogens (primary N) is 1. The van der Waals surface area contributed by atoms with Gasteiger partial charge in [0, 0.05) is 17.0 Å². The highest BCUT2D eigenvalue weighted by Crippen LogP contribution is 2.52. The van der Waals surface area contributed by atoms with E-state index in [2.05, 4.69) is 4.98 Å². The second-order valence-electron chi connectivity index (χ2n) is 4.16. The number of H-pyrrole nitrogens is 1. The fourth-order valence-electron chi connectivity index (χ4n) is 2.63. The van der Waals surface area contributed by atoms with Gasteiger partial charge in [0.1, 0.15) is 0 Å². The van der Waals surface area contributed by atoms with E-state index in [1.807, 2.05) is 12.2 Å². The molecular formula is C10H12N2O2. The normalized spacial score (nSPS) is 33.4. The maximum Gasteiger partial charge on any atom is 0.197 e. The molecule has 0 aromatic carbocycles. The van der Waals surface area contributed by atoms with E-state index < -0.39 is 5.54 Å². The summed E-state index contributed by atoms with van der Waals surface area (Å²) in [6.45, 7) is 0. The van der Waals surface area contributed by atoms with Crippen molar-refractivity contribution < 1.29 is 10.2 Å². The Balaban J connectivity index is 2.34. The number of aromatic amines is 1. The van der Waals surface area contributed by atoms with Crippen molar-refractivity contribution in [1.82, 2.24) is 4.98 Å². The van der Waals surface area contributed by atoms with Crippen LogP contribution in [0.3, 0.4) is 0 Å². The Morgan fingerprint density at radius 3 is 2.79 bits per heavy atom. The fraction of sp³-hybridized carbons (Fsp3) is 0.400. The first kappa shape index (κ1) is 7.94. The molecule has 4 rings (SSSR count). The lowest BCUT2D eigenvalue weighted by atomic mass is 9.68. The Hall–Kier alpha value is -1.42. The second-order valence-corrected chi connectivity index (χ2v) is 4.16. The summed E-state index contributed by atoms with van der Waals surface area (Å²) in [4.78, 5) is 2.54. The van der Waals surface area contributed by atoms with Crippen LogP contribution in [-0.4, -0.2) is 15.2 Å². The van der Waals surface area contributed by atoms with Crippen molar-refractivity contribution in [3.63, 3.8) is 0 Å². The van der Waals surface area contributed by atoms with Gasteiger partial charge in [-0.25, -0.2) is 0 Å². The average Bonchev–Trinajstić information content (AvgIpc) is 2.45. The fourth-order valence-corrected chi connectivity index (χ4v) is 2.63. The zero-order valence-electron chi connectivity index (χ0n) is 7.62. The first-order valence-electron chi connectivity index (χ1n) is 4.74. The largest absolute Gasteiger partial charge is 0.494 e. The van der Waals surface area contributed by atoms with Gasteiger partial charge >= 0.3 is 0 Å². The molecule has 2 unspecified atom stereocenters. The minimum absolute atomic E-state index is 0.00838. The molecule has 4 heteroatoms. The summed E-state index contributed by atoms with van der Waals surface area (Å²) in [7, 11) is 0. The van der Waals surface area contributed by atoms with E-state index in [-0.39, 0.29) is 17.7 Å². The number of allylic oxidation sites excluding steroid dienone is 1. The Labute approximate surface area is 81.1 Å². The number of aromatic hydroxyl groups is 2. The van der Waals surface area contributed by atoms with Gasteiger partial charge in [-0.05, 0) is 12.8 Å². The first-order chi connectivity index (χ1) is 6.62. The monoisotopic (exact) mass is 192 g/mol. The molecule has 1 aromatic heterocycles. The minimum atomic E-state index is -0.592.